The van der Waals surface area contributed by atoms with Gasteiger partial charge in [-0.1, -0.05) is 30.0 Å². The third kappa shape index (κ3) is 5.82. The Morgan fingerprint density at radius 2 is 2.09 bits per heavy atom. The number of carbonyl (C=O) groups excluding carboxylic acids is 1. The molecule has 8 heteroatoms. The van der Waals surface area contributed by atoms with Gasteiger partial charge in [0, 0.05) is 48.8 Å². The van der Waals surface area contributed by atoms with Gasteiger partial charge in [-0.15, -0.1) is 0 Å². The van der Waals surface area contributed by atoms with Crippen LogP contribution in [0.1, 0.15) is 41.3 Å². The Bertz CT molecular complexity index is 1160. The highest BCUT2D eigenvalue weighted by atomic mass is 32.2. The minimum Gasteiger partial charge on any atom is -0.338 e. The van der Waals surface area contributed by atoms with Crippen LogP contribution in [0.3, 0.4) is 0 Å². The molecule has 4 rings (SSSR count). The molecule has 1 saturated heterocycles. The van der Waals surface area contributed by atoms with E-state index in [1.54, 1.807) is 11.1 Å². The topological polar surface area (TPSA) is 59.0 Å². The molecule has 33 heavy (non-hydrogen) atoms. The summed E-state index contributed by atoms with van der Waals surface area (Å²) < 4.78 is 27.3. The lowest BCUT2D eigenvalue weighted by molar-refractivity contribution is -0.127. The molecule has 5 nitrogen and oxygen atoms in total. The lowest BCUT2D eigenvalue weighted by Crippen LogP contribution is -2.38. The number of aryl methyl sites for hydroxylation is 1. The summed E-state index contributed by atoms with van der Waals surface area (Å²) in [4.78, 5) is 28.1. The summed E-state index contributed by atoms with van der Waals surface area (Å²) in [5, 5.41) is 0.686. The number of aromatic nitrogens is 3. The molecule has 1 aromatic carbocycles. The molecular weight excluding hydrogens is 442 g/mol. The van der Waals surface area contributed by atoms with E-state index in [0.717, 1.165) is 35.9 Å². The first kappa shape index (κ1) is 23.0. The van der Waals surface area contributed by atoms with Gasteiger partial charge in [0.05, 0.1) is 11.4 Å². The molecule has 0 saturated carbocycles. The van der Waals surface area contributed by atoms with Crippen LogP contribution in [0.4, 0.5) is 8.78 Å². The van der Waals surface area contributed by atoms with E-state index in [1.165, 1.54) is 36.0 Å². The molecule has 0 radical (unpaired) electrons. The van der Waals surface area contributed by atoms with Gasteiger partial charge in [-0.2, -0.15) is 0 Å². The summed E-state index contributed by atoms with van der Waals surface area (Å²) in [6.07, 6.45) is 8.00. The van der Waals surface area contributed by atoms with Crippen LogP contribution in [0.5, 0.6) is 0 Å². The normalized spacial score (nSPS) is 16.3. The monoisotopic (exact) mass is 466 g/mol. The van der Waals surface area contributed by atoms with Crippen LogP contribution in [0.15, 0.2) is 60.0 Å². The second-order valence-corrected chi connectivity index (χ2v) is 8.87. The van der Waals surface area contributed by atoms with Gasteiger partial charge in [-0.05, 0) is 49.6 Å². The number of likely N-dealkylation sites (tertiary alicyclic amines) is 1. The van der Waals surface area contributed by atoms with Gasteiger partial charge in [0.1, 0.15) is 0 Å². The maximum atomic E-state index is 13.9. The predicted molar refractivity (Wildman–Crippen MR) is 125 cm³/mol. The standard InChI is InChI=1S/C25H24F2N4OS/c1-17-14-29-25(33-16-20-8-2-3-12-28-20)30-24(17)19-7-5-13-31(15-19)22(32)11-10-18-6-4-9-21(26)23(18)27/h2-4,6,8-12,14,19H,5,7,13,15-16H2,1H3/b11-10+/t19-/m0/s1. The molecule has 1 atom stereocenters. The fourth-order valence-corrected chi connectivity index (χ4v) is 4.60. The lowest BCUT2D eigenvalue weighted by Gasteiger charge is -2.32. The summed E-state index contributed by atoms with van der Waals surface area (Å²) in [6, 6.07) is 9.72. The Morgan fingerprint density at radius 1 is 1.21 bits per heavy atom. The van der Waals surface area contributed by atoms with Crippen molar-refractivity contribution in [3.8, 4) is 0 Å². The van der Waals surface area contributed by atoms with Crippen LogP contribution in [0.2, 0.25) is 0 Å². The van der Waals surface area contributed by atoms with Crippen LogP contribution in [0, 0.1) is 18.6 Å². The highest BCUT2D eigenvalue weighted by molar-refractivity contribution is 7.98. The summed E-state index contributed by atoms with van der Waals surface area (Å²) in [7, 11) is 0. The SMILES string of the molecule is Cc1cnc(SCc2ccccn2)nc1[C@H]1CCCN(C(=O)/C=C/c2cccc(F)c2F)C1. The van der Waals surface area contributed by atoms with Gasteiger partial charge in [0.25, 0.3) is 0 Å². The largest absolute Gasteiger partial charge is 0.338 e. The van der Waals surface area contributed by atoms with E-state index in [4.69, 9.17) is 4.98 Å². The molecular formula is C25H24F2N4OS. The molecule has 3 aromatic rings. The Labute approximate surface area is 196 Å². The first-order valence-corrected chi connectivity index (χ1v) is 11.8. The zero-order chi connectivity index (χ0) is 23.2. The average molecular weight is 467 g/mol. The quantitative estimate of drug-likeness (QED) is 0.285. The number of nitrogens with zero attached hydrogens (tertiary/aromatic N) is 4. The van der Waals surface area contributed by atoms with E-state index in [1.807, 2.05) is 31.3 Å². The van der Waals surface area contributed by atoms with E-state index in [0.29, 0.717) is 24.0 Å². The molecule has 0 bridgehead atoms. The van der Waals surface area contributed by atoms with Crippen molar-refractivity contribution >= 4 is 23.7 Å². The van der Waals surface area contributed by atoms with E-state index in [9.17, 15) is 13.6 Å². The number of halogens is 2. The Hall–Kier alpha value is -3.13. The van der Waals surface area contributed by atoms with Crippen LogP contribution in [-0.4, -0.2) is 38.8 Å². The van der Waals surface area contributed by atoms with Crippen LogP contribution in [-0.2, 0) is 10.5 Å². The zero-order valence-electron chi connectivity index (χ0n) is 18.2. The number of piperidine rings is 1. The number of pyridine rings is 1. The van der Waals surface area contributed by atoms with Crippen molar-refractivity contribution in [1.29, 1.82) is 0 Å². The van der Waals surface area contributed by atoms with Gasteiger partial charge in [0.15, 0.2) is 16.8 Å². The molecule has 2 aromatic heterocycles. The van der Waals surface area contributed by atoms with Crippen LogP contribution in [0.25, 0.3) is 6.08 Å². The van der Waals surface area contributed by atoms with Crippen molar-refractivity contribution in [2.24, 2.45) is 0 Å². The number of amides is 1. The second kappa shape index (κ2) is 10.7. The number of rotatable bonds is 6. The van der Waals surface area contributed by atoms with Gasteiger partial charge in [0.2, 0.25) is 5.91 Å². The van der Waals surface area contributed by atoms with E-state index in [-0.39, 0.29) is 17.4 Å². The third-order valence-electron chi connectivity index (χ3n) is 5.57. The third-order valence-corrected chi connectivity index (χ3v) is 6.47. The van der Waals surface area contributed by atoms with E-state index >= 15 is 0 Å². The molecule has 1 fully saturated rings. The first-order valence-electron chi connectivity index (χ1n) is 10.8. The minimum absolute atomic E-state index is 0.0538. The Morgan fingerprint density at radius 3 is 2.91 bits per heavy atom. The van der Waals surface area contributed by atoms with Gasteiger partial charge >= 0.3 is 0 Å². The fraction of sp³-hybridized carbons (Fsp3) is 0.280. The number of hydrogen-bond acceptors (Lipinski definition) is 5. The number of thioether (sulfide) groups is 1. The zero-order valence-corrected chi connectivity index (χ0v) is 19.1. The van der Waals surface area contributed by atoms with E-state index < -0.39 is 11.6 Å². The van der Waals surface area contributed by atoms with Gasteiger partial charge in [-0.25, -0.2) is 18.7 Å². The number of benzene rings is 1. The maximum Gasteiger partial charge on any atom is 0.246 e. The maximum absolute atomic E-state index is 13.9. The van der Waals surface area contributed by atoms with E-state index in [2.05, 4.69) is 9.97 Å². The van der Waals surface area contributed by atoms with Gasteiger partial charge in [-0.3, -0.25) is 9.78 Å². The molecule has 0 unspecified atom stereocenters. The highest BCUT2D eigenvalue weighted by Gasteiger charge is 2.26. The van der Waals surface area contributed by atoms with Crippen LogP contribution < -0.4 is 0 Å². The van der Waals surface area contributed by atoms with Crippen molar-refractivity contribution in [1.82, 2.24) is 19.9 Å². The van der Waals surface area contributed by atoms with Crippen molar-refractivity contribution in [2.75, 3.05) is 13.1 Å². The second-order valence-electron chi connectivity index (χ2n) is 7.93. The highest BCUT2D eigenvalue weighted by Crippen LogP contribution is 2.29. The van der Waals surface area contributed by atoms with Gasteiger partial charge < -0.3 is 4.90 Å². The summed E-state index contributed by atoms with van der Waals surface area (Å²) >= 11 is 1.53. The molecule has 0 spiro atoms. The fourth-order valence-electron chi connectivity index (χ4n) is 3.86. The first-order chi connectivity index (χ1) is 16.0. The number of hydrogen-bond donors (Lipinski definition) is 0. The van der Waals surface area contributed by atoms with Crippen LogP contribution >= 0.6 is 11.8 Å². The number of carbonyl (C=O) groups is 1. The average Bonchev–Trinajstić information content (AvgIpc) is 2.85. The molecule has 1 amide bonds. The summed E-state index contributed by atoms with van der Waals surface area (Å²) in [5.74, 6) is -1.33. The molecule has 1 aliphatic rings. The van der Waals surface area contributed by atoms with Crippen molar-refractivity contribution in [2.45, 2.75) is 36.6 Å². The predicted octanol–water partition coefficient (Wildman–Crippen LogP) is 5.17. The van der Waals surface area contributed by atoms with Crippen molar-refractivity contribution in [3.05, 3.63) is 89.0 Å². The Balaban J connectivity index is 1.43. The minimum atomic E-state index is -0.953. The van der Waals surface area contributed by atoms with Crippen molar-refractivity contribution in [3.63, 3.8) is 0 Å². The molecule has 3 heterocycles. The Kier molecular flexibility index (Phi) is 7.44. The van der Waals surface area contributed by atoms with Crippen molar-refractivity contribution < 1.29 is 13.6 Å². The summed E-state index contributed by atoms with van der Waals surface area (Å²) in [6.45, 7) is 3.13. The smallest absolute Gasteiger partial charge is 0.246 e. The lowest BCUT2D eigenvalue weighted by atomic mass is 9.92. The summed E-state index contributed by atoms with van der Waals surface area (Å²) in [5.41, 5.74) is 2.96. The molecule has 0 aliphatic carbocycles. The molecule has 170 valence electrons. The molecule has 1 aliphatic heterocycles. The molecule has 0 N–H and O–H groups in total.